The number of hydrogen-bond acceptors (Lipinski definition) is 3. The van der Waals surface area contributed by atoms with Crippen molar-refractivity contribution in [1.29, 1.82) is 0 Å². The van der Waals surface area contributed by atoms with Gasteiger partial charge in [0, 0.05) is 18.8 Å². The minimum atomic E-state index is -4.37. The number of aromatic nitrogens is 1. The molecule has 1 aliphatic heterocycles. The fourth-order valence-electron chi connectivity index (χ4n) is 2.44. The summed E-state index contributed by atoms with van der Waals surface area (Å²) in [5.74, 6) is -0.198. The first-order valence-corrected chi connectivity index (χ1v) is 6.88. The average Bonchev–Trinajstić information content (AvgIpc) is 2.44. The van der Waals surface area contributed by atoms with Crippen molar-refractivity contribution in [1.82, 2.24) is 10.3 Å². The summed E-state index contributed by atoms with van der Waals surface area (Å²) in [4.78, 5) is 18.2. The zero-order valence-electron chi connectivity index (χ0n) is 11.8. The van der Waals surface area contributed by atoms with Gasteiger partial charge in [-0.1, -0.05) is 6.07 Å². The summed E-state index contributed by atoms with van der Waals surface area (Å²) in [7, 11) is 0. The summed E-state index contributed by atoms with van der Waals surface area (Å²) in [6.45, 7) is 1.77. The third-order valence-corrected chi connectivity index (χ3v) is 3.45. The van der Waals surface area contributed by atoms with Gasteiger partial charge in [-0.2, -0.15) is 13.2 Å². The van der Waals surface area contributed by atoms with Crippen LogP contribution in [-0.4, -0.2) is 36.7 Å². The second-order valence-electron chi connectivity index (χ2n) is 5.26. The molecular weight excluding hydrogens is 283 g/mol. The van der Waals surface area contributed by atoms with Gasteiger partial charge in [0.15, 0.2) is 0 Å². The molecule has 1 atom stereocenters. The molecule has 0 spiro atoms. The van der Waals surface area contributed by atoms with Gasteiger partial charge < -0.3 is 10.2 Å². The van der Waals surface area contributed by atoms with Crippen LogP contribution in [0.4, 0.5) is 19.0 Å². The van der Waals surface area contributed by atoms with Crippen LogP contribution in [-0.2, 0) is 4.79 Å². The first kappa shape index (κ1) is 15.6. The highest BCUT2D eigenvalue weighted by Crippen LogP contribution is 2.22. The fourth-order valence-corrected chi connectivity index (χ4v) is 2.44. The van der Waals surface area contributed by atoms with Crippen LogP contribution in [0.2, 0.25) is 0 Å². The highest BCUT2D eigenvalue weighted by Gasteiger charge is 2.31. The Bertz CT molecular complexity index is 504. The number of anilines is 1. The number of aryl methyl sites for hydroxylation is 1. The summed E-state index contributed by atoms with van der Waals surface area (Å²) >= 11 is 0. The van der Waals surface area contributed by atoms with E-state index in [9.17, 15) is 18.0 Å². The SMILES string of the molecule is Cc1cccc(N2CCCC(C(=O)NCC(F)(F)F)C2)n1. The largest absolute Gasteiger partial charge is 0.405 e. The quantitative estimate of drug-likeness (QED) is 0.931. The maximum Gasteiger partial charge on any atom is 0.405 e. The normalized spacial score (nSPS) is 19.4. The Morgan fingerprint density at radius 3 is 2.90 bits per heavy atom. The van der Waals surface area contributed by atoms with Gasteiger partial charge >= 0.3 is 6.18 Å². The topological polar surface area (TPSA) is 45.2 Å². The Balaban J connectivity index is 1.96. The van der Waals surface area contributed by atoms with E-state index in [1.54, 1.807) is 0 Å². The molecule has 0 bridgehead atoms. The van der Waals surface area contributed by atoms with E-state index in [0.717, 1.165) is 24.5 Å². The highest BCUT2D eigenvalue weighted by molar-refractivity contribution is 5.79. The molecule has 0 saturated carbocycles. The van der Waals surface area contributed by atoms with Gasteiger partial charge in [0.2, 0.25) is 5.91 Å². The molecular formula is C14H18F3N3O. The molecule has 0 aromatic carbocycles. The van der Waals surface area contributed by atoms with Crippen molar-refractivity contribution in [3.63, 3.8) is 0 Å². The minimum Gasteiger partial charge on any atom is -0.356 e. The lowest BCUT2D eigenvalue weighted by molar-refractivity contribution is -0.140. The first-order valence-electron chi connectivity index (χ1n) is 6.88. The third-order valence-electron chi connectivity index (χ3n) is 3.45. The van der Waals surface area contributed by atoms with Gasteiger partial charge in [-0.3, -0.25) is 4.79 Å². The van der Waals surface area contributed by atoms with Crippen molar-refractivity contribution >= 4 is 11.7 Å². The molecule has 4 nitrogen and oxygen atoms in total. The second kappa shape index (κ2) is 6.32. The van der Waals surface area contributed by atoms with Crippen LogP contribution in [0.25, 0.3) is 0 Å². The Morgan fingerprint density at radius 2 is 2.24 bits per heavy atom. The number of carbonyl (C=O) groups is 1. The molecule has 2 rings (SSSR count). The Hall–Kier alpha value is -1.79. The molecule has 0 aliphatic carbocycles. The lowest BCUT2D eigenvalue weighted by Crippen LogP contribution is -2.45. The van der Waals surface area contributed by atoms with Crippen molar-refractivity contribution in [2.24, 2.45) is 5.92 Å². The zero-order valence-corrected chi connectivity index (χ0v) is 11.8. The summed E-state index contributed by atoms with van der Waals surface area (Å²) in [6, 6.07) is 5.61. The molecule has 1 N–H and O–H groups in total. The maximum atomic E-state index is 12.1. The summed E-state index contributed by atoms with van der Waals surface area (Å²) in [5.41, 5.74) is 0.871. The lowest BCUT2D eigenvalue weighted by atomic mass is 9.97. The molecule has 1 saturated heterocycles. The first-order chi connectivity index (χ1) is 9.85. The number of nitrogens with zero attached hydrogens (tertiary/aromatic N) is 2. The van der Waals surface area contributed by atoms with Gasteiger partial charge in [-0.05, 0) is 31.9 Å². The molecule has 2 heterocycles. The predicted molar refractivity (Wildman–Crippen MR) is 73.0 cm³/mol. The number of rotatable bonds is 3. The fraction of sp³-hybridized carbons (Fsp3) is 0.571. The molecule has 1 aliphatic rings. The van der Waals surface area contributed by atoms with Gasteiger partial charge in [-0.25, -0.2) is 4.98 Å². The monoisotopic (exact) mass is 301 g/mol. The van der Waals surface area contributed by atoms with E-state index in [4.69, 9.17) is 0 Å². The van der Waals surface area contributed by atoms with Gasteiger partial charge in [0.05, 0.1) is 5.92 Å². The molecule has 116 valence electrons. The summed E-state index contributed by atoms with van der Waals surface area (Å²) in [6.07, 6.45) is -3.01. The van der Waals surface area contributed by atoms with E-state index in [2.05, 4.69) is 4.98 Å². The minimum absolute atomic E-state index is 0.403. The van der Waals surface area contributed by atoms with Crippen LogP contribution < -0.4 is 10.2 Å². The van der Waals surface area contributed by atoms with Gasteiger partial charge in [-0.15, -0.1) is 0 Å². The van der Waals surface area contributed by atoms with E-state index in [0.29, 0.717) is 13.0 Å². The van der Waals surface area contributed by atoms with Crippen LogP contribution in [0.5, 0.6) is 0 Å². The number of hydrogen-bond donors (Lipinski definition) is 1. The highest BCUT2D eigenvalue weighted by atomic mass is 19.4. The average molecular weight is 301 g/mol. The zero-order chi connectivity index (χ0) is 15.5. The number of pyridine rings is 1. The molecule has 1 unspecified atom stereocenters. The van der Waals surface area contributed by atoms with Gasteiger partial charge in [0.25, 0.3) is 0 Å². The summed E-state index contributed by atoms with van der Waals surface area (Å²) < 4.78 is 36.4. The summed E-state index contributed by atoms with van der Waals surface area (Å²) in [5, 5.41) is 1.96. The Kier molecular flexibility index (Phi) is 4.69. The van der Waals surface area contributed by atoms with Crippen molar-refractivity contribution in [3.8, 4) is 0 Å². The number of halogens is 3. The third kappa shape index (κ3) is 4.61. The van der Waals surface area contributed by atoms with Crippen LogP contribution in [0.15, 0.2) is 18.2 Å². The van der Waals surface area contributed by atoms with Gasteiger partial charge in [0.1, 0.15) is 12.4 Å². The molecule has 1 aromatic rings. The number of alkyl halides is 3. The lowest BCUT2D eigenvalue weighted by Gasteiger charge is -2.33. The number of amides is 1. The Morgan fingerprint density at radius 1 is 1.48 bits per heavy atom. The molecule has 21 heavy (non-hydrogen) atoms. The molecule has 0 radical (unpaired) electrons. The van der Waals surface area contributed by atoms with Crippen LogP contribution in [0.1, 0.15) is 18.5 Å². The van der Waals surface area contributed by atoms with E-state index in [-0.39, 0.29) is 0 Å². The predicted octanol–water partition coefficient (Wildman–Crippen LogP) is 2.28. The smallest absolute Gasteiger partial charge is 0.356 e. The van der Waals surface area contributed by atoms with Crippen LogP contribution in [0, 0.1) is 12.8 Å². The standard InChI is InChI=1S/C14H18F3N3O/c1-10-4-2-6-12(19-10)20-7-3-5-11(8-20)13(21)18-9-14(15,16)17/h2,4,6,11H,3,5,7-9H2,1H3,(H,18,21). The number of carbonyl (C=O) groups excluding carboxylic acids is 1. The van der Waals surface area contributed by atoms with Crippen molar-refractivity contribution in [3.05, 3.63) is 23.9 Å². The van der Waals surface area contributed by atoms with E-state index >= 15 is 0 Å². The maximum absolute atomic E-state index is 12.1. The van der Waals surface area contributed by atoms with Crippen LogP contribution in [0.3, 0.4) is 0 Å². The van der Waals surface area contributed by atoms with E-state index in [1.165, 1.54) is 0 Å². The van der Waals surface area contributed by atoms with Crippen molar-refractivity contribution in [2.45, 2.75) is 25.9 Å². The molecule has 1 amide bonds. The van der Waals surface area contributed by atoms with Crippen molar-refractivity contribution < 1.29 is 18.0 Å². The number of nitrogens with one attached hydrogen (secondary N) is 1. The second-order valence-corrected chi connectivity index (χ2v) is 5.26. The molecule has 1 aromatic heterocycles. The number of piperidine rings is 1. The molecule has 1 fully saturated rings. The Labute approximate surface area is 121 Å². The van der Waals surface area contributed by atoms with E-state index < -0.39 is 24.5 Å². The van der Waals surface area contributed by atoms with Crippen molar-refractivity contribution in [2.75, 3.05) is 24.5 Å². The molecule has 7 heteroatoms. The van der Waals surface area contributed by atoms with Crippen LogP contribution >= 0.6 is 0 Å². The van der Waals surface area contributed by atoms with E-state index in [1.807, 2.05) is 35.3 Å².